The van der Waals surface area contributed by atoms with Crippen molar-refractivity contribution in [2.24, 2.45) is 0 Å². The number of anilines is 1. The van der Waals surface area contributed by atoms with Crippen LogP contribution in [0.25, 0.3) is 0 Å². The Hall–Kier alpha value is -2.80. The fourth-order valence-corrected chi connectivity index (χ4v) is 2.07. The molecule has 0 saturated heterocycles. The summed E-state index contributed by atoms with van der Waals surface area (Å²) in [4.78, 5) is 22.5. The van der Waals surface area contributed by atoms with Crippen LogP contribution >= 0.6 is 12.2 Å². The van der Waals surface area contributed by atoms with Crippen molar-refractivity contribution in [3.8, 4) is 0 Å². The topological polar surface area (TPSA) is 78.4 Å². The van der Waals surface area contributed by atoms with E-state index in [0.29, 0.717) is 11.3 Å². The molecule has 1 amide bonds. The van der Waals surface area contributed by atoms with Crippen molar-refractivity contribution in [3.63, 3.8) is 0 Å². The summed E-state index contributed by atoms with van der Waals surface area (Å²) in [6.45, 7) is 0. The number of carboxylic acids is 1. The molecule has 0 aromatic heterocycles. The first-order valence-corrected chi connectivity index (χ1v) is 7.04. The van der Waals surface area contributed by atoms with Crippen molar-refractivity contribution in [2.75, 3.05) is 5.32 Å². The third-order valence-electron chi connectivity index (χ3n) is 2.91. The predicted molar refractivity (Wildman–Crippen MR) is 87.9 cm³/mol. The molecule has 0 fully saturated rings. The lowest BCUT2D eigenvalue weighted by molar-refractivity contribution is -0.136. The van der Waals surface area contributed by atoms with Crippen LogP contribution in [0, 0.1) is 5.82 Å². The second kappa shape index (κ2) is 7.46. The van der Waals surface area contributed by atoms with Gasteiger partial charge in [0.05, 0.1) is 12.0 Å². The molecule has 2 rings (SSSR count). The summed E-state index contributed by atoms with van der Waals surface area (Å²) in [7, 11) is 0. The number of nitrogens with one attached hydrogen (secondary N) is 2. The molecule has 118 valence electrons. The van der Waals surface area contributed by atoms with Crippen molar-refractivity contribution in [2.45, 2.75) is 6.42 Å². The first-order valence-electron chi connectivity index (χ1n) is 6.63. The molecule has 7 heteroatoms. The number of halogens is 1. The highest BCUT2D eigenvalue weighted by molar-refractivity contribution is 7.80. The van der Waals surface area contributed by atoms with E-state index in [2.05, 4.69) is 10.6 Å². The molecule has 0 atom stereocenters. The van der Waals surface area contributed by atoms with E-state index in [4.69, 9.17) is 17.3 Å². The van der Waals surface area contributed by atoms with Crippen molar-refractivity contribution in [1.29, 1.82) is 0 Å². The molecule has 0 aliphatic heterocycles. The van der Waals surface area contributed by atoms with E-state index in [-0.39, 0.29) is 17.1 Å². The normalized spacial score (nSPS) is 9.96. The van der Waals surface area contributed by atoms with Gasteiger partial charge < -0.3 is 10.4 Å². The number of hydrogen-bond donors (Lipinski definition) is 3. The standard InChI is InChI=1S/C16H13FN2O3S/c17-13-4-2-1-3-12(13)15(22)19-16(23)18-11-7-5-10(6-8-11)9-14(20)21/h1-8H,9H2,(H,20,21)(H2,18,19,22,23). The van der Waals surface area contributed by atoms with Crippen molar-refractivity contribution >= 4 is 34.9 Å². The zero-order valence-electron chi connectivity index (χ0n) is 11.9. The van der Waals surface area contributed by atoms with Gasteiger partial charge in [0, 0.05) is 5.69 Å². The third kappa shape index (κ3) is 4.86. The van der Waals surface area contributed by atoms with E-state index in [1.165, 1.54) is 18.2 Å². The minimum absolute atomic E-state index is 0.0178. The Morgan fingerprint density at radius 2 is 1.74 bits per heavy atom. The Labute approximate surface area is 137 Å². The number of rotatable bonds is 4. The van der Waals surface area contributed by atoms with Crippen molar-refractivity contribution in [1.82, 2.24) is 5.32 Å². The van der Waals surface area contributed by atoms with Gasteiger partial charge in [0.15, 0.2) is 5.11 Å². The largest absolute Gasteiger partial charge is 0.481 e. The molecule has 0 spiro atoms. The minimum atomic E-state index is -0.918. The molecule has 0 aliphatic carbocycles. The fraction of sp³-hybridized carbons (Fsp3) is 0.0625. The first-order chi connectivity index (χ1) is 11.0. The van der Waals surface area contributed by atoms with Crippen LogP contribution < -0.4 is 10.6 Å². The van der Waals surface area contributed by atoms with Crippen LogP contribution in [-0.2, 0) is 11.2 Å². The van der Waals surface area contributed by atoms with Crippen LogP contribution in [0.3, 0.4) is 0 Å². The highest BCUT2D eigenvalue weighted by Gasteiger charge is 2.12. The quantitative estimate of drug-likeness (QED) is 0.750. The van der Waals surface area contributed by atoms with E-state index in [1.807, 2.05) is 0 Å². The molecule has 0 aliphatic rings. The fourth-order valence-electron chi connectivity index (χ4n) is 1.86. The van der Waals surface area contributed by atoms with Gasteiger partial charge in [0.2, 0.25) is 0 Å². The van der Waals surface area contributed by atoms with E-state index in [9.17, 15) is 14.0 Å². The van der Waals surface area contributed by atoms with Crippen LogP contribution in [0.1, 0.15) is 15.9 Å². The number of thiocarbonyl (C=S) groups is 1. The Kier molecular flexibility index (Phi) is 5.37. The Bertz CT molecular complexity index is 747. The van der Waals surface area contributed by atoms with E-state index in [0.717, 1.165) is 0 Å². The highest BCUT2D eigenvalue weighted by Crippen LogP contribution is 2.10. The average Bonchev–Trinajstić information content (AvgIpc) is 2.49. The Morgan fingerprint density at radius 1 is 1.09 bits per heavy atom. The third-order valence-corrected chi connectivity index (χ3v) is 3.12. The van der Waals surface area contributed by atoms with Crippen LogP contribution in [0.15, 0.2) is 48.5 Å². The van der Waals surface area contributed by atoms with E-state index >= 15 is 0 Å². The van der Waals surface area contributed by atoms with Crippen LogP contribution in [-0.4, -0.2) is 22.1 Å². The summed E-state index contributed by atoms with van der Waals surface area (Å²) in [5.74, 6) is -2.20. The molecule has 0 radical (unpaired) electrons. The second-order valence-corrected chi connectivity index (χ2v) is 5.06. The van der Waals surface area contributed by atoms with Gasteiger partial charge in [-0.15, -0.1) is 0 Å². The Morgan fingerprint density at radius 3 is 2.35 bits per heavy atom. The minimum Gasteiger partial charge on any atom is -0.481 e. The average molecular weight is 332 g/mol. The molecule has 0 heterocycles. The maximum atomic E-state index is 13.5. The van der Waals surface area contributed by atoms with Gasteiger partial charge in [-0.25, -0.2) is 4.39 Å². The number of amides is 1. The smallest absolute Gasteiger partial charge is 0.307 e. The van der Waals surface area contributed by atoms with Crippen LogP contribution in [0.5, 0.6) is 0 Å². The van der Waals surface area contributed by atoms with Gasteiger partial charge in [-0.2, -0.15) is 0 Å². The molecule has 0 unspecified atom stereocenters. The zero-order valence-corrected chi connectivity index (χ0v) is 12.7. The predicted octanol–water partition coefficient (Wildman–Crippen LogP) is 2.58. The molecule has 0 saturated carbocycles. The summed E-state index contributed by atoms with van der Waals surface area (Å²) < 4.78 is 13.5. The monoisotopic (exact) mass is 332 g/mol. The van der Waals surface area contributed by atoms with Gasteiger partial charge >= 0.3 is 5.97 Å². The van der Waals surface area contributed by atoms with E-state index < -0.39 is 17.7 Å². The zero-order chi connectivity index (χ0) is 16.8. The maximum Gasteiger partial charge on any atom is 0.307 e. The summed E-state index contributed by atoms with van der Waals surface area (Å²) in [6.07, 6.45) is -0.0747. The van der Waals surface area contributed by atoms with Gasteiger partial charge in [0.1, 0.15) is 5.82 Å². The van der Waals surface area contributed by atoms with Gasteiger partial charge in [-0.05, 0) is 42.0 Å². The van der Waals surface area contributed by atoms with Gasteiger partial charge in [-0.3, -0.25) is 14.9 Å². The number of carbonyl (C=O) groups is 2. The van der Waals surface area contributed by atoms with Crippen LogP contribution in [0.2, 0.25) is 0 Å². The highest BCUT2D eigenvalue weighted by atomic mass is 32.1. The van der Waals surface area contributed by atoms with E-state index in [1.54, 1.807) is 30.3 Å². The lowest BCUT2D eigenvalue weighted by Crippen LogP contribution is -2.34. The number of hydrogen-bond acceptors (Lipinski definition) is 3. The first kappa shape index (κ1) is 16.6. The molecule has 23 heavy (non-hydrogen) atoms. The molecule has 2 aromatic rings. The summed E-state index contributed by atoms with van der Waals surface area (Å²) in [5, 5.41) is 13.9. The molecule has 0 bridgehead atoms. The lowest BCUT2D eigenvalue weighted by atomic mass is 10.1. The maximum absolute atomic E-state index is 13.5. The van der Waals surface area contributed by atoms with Crippen molar-refractivity contribution < 1.29 is 19.1 Å². The van der Waals surface area contributed by atoms with Crippen molar-refractivity contribution in [3.05, 3.63) is 65.5 Å². The number of carboxylic acid groups (broad SMARTS) is 1. The van der Waals surface area contributed by atoms with Gasteiger partial charge in [-0.1, -0.05) is 24.3 Å². The second-order valence-electron chi connectivity index (χ2n) is 4.66. The number of aliphatic carboxylic acids is 1. The molecule has 3 N–H and O–H groups in total. The molecule has 5 nitrogen and oxygen atoms in total. The molecular weight excluding hydrogens is 319 g/mol. The summed E-state index contributed by atoms with van der Waals surface area (Å²) in [6, 6.07) is 12.1. The number of benzene rings is 2. The summed E-state index contributed by atoms with van der Waals surface area (Å²) >= 11 is 5.00. The van der Waals surface area contributed by atoms with Gasteiger partial charge in [0.25, 0.3) is 5.91 Å². The van der Waals surface area contributed by atoms with Crippen LogP contribution in [0.4, 0.5) is 10.1 Å². The summed E-state index contributed by atoms with van der Waals surface area (Å²) in [5.41, 5.74) is 1.12. The molecular formula is C16H13FN2O3S. The molecule has 2 aromatic carbocycles. The lowest BCUT2D eigenvalue weighted by Gasteiger charge is -2.10. The Balaban J connectivity index is 1.95. The number of carbonyl (C=O) groups excluding carboxylic acids is 1. The SMILES string of the molecule is O=C(O)Cc1ccc(NC(=S)NC(=O)c2ccccc2F)cc1.